The highest BCUT2D eigenvalue weighted by Gasteiger charge is 2.09. The molecule has 0 unspecified atom stereocenters. The van der Waals surface area contributed by atoms with Crippen LogP contribution in [0.3, 0.4) is 0 Å². The third kappa shape index (κ3) is 5.30. The molecule has 29 heavy (non-hydrogen) atoms. The highest BCUT2D eigenvalue weighted by Crippen LogP contribution is 2.22. The van der Waals surface area contributed by atoms with E-state index in [1.54, 1.807) is 79.9 Å². The number of hydrogen-bond donors (Lipinski definition) is 0. The van der Waals surface area contributed by atoms with Crippen molar-refractivity contribution in [2.24, 2.45) is 0 Å². The molecule has 144 valence electrons. The molecule has 0 bridgehead atoms. The summed E-state index contributed by atoms with van der Waals surface area (Å²) in [5.41, 5.74) is 1.97. The van der Waals surface area contributed by atoms with Crippen molar-refractivity contribution in [3.8, 4) is 17.6 Å². The van der Waals surface area contributed by atoms with Crippen molar-refractivity contribution in [1.82, 2.24) is 0 Å². The molecule has 0 saturated carbocycles. The normalized spacial score (nSPS) is 10.9. The summed E-state index contributed by atoms with van der Waals surface area (Å²) in [6.45, 7) is 0. The minimum absolute atomic E-state index is 0.136. The van der Waals surface area contributed by atoms with Gasteiger partial charge in [-0.05, 0) is 47.5 Å². The Balaban J connectivity index is 1.67. The Morgan fingerprint density at radius 2 is 1.66 bits per heavy atom. The van der Waals surface area contributed by atoms with Crippen LogP contribution in [0.4, 0.5) is 4.39 Å². The van der Waals surface area contributed by atoms with Gasteiger partial charge in [-0.3, -0.25) is 4.79 Å². The number of ether oxygens (including phenoxy) is 2. The summed E-state index contributed by atoms with van der Waals surface area (Å²) < 4.78 is 24.3. The molecule has 0 spiro atoms. The van der Waals surface area contributed by atoms with Gasteiger partial charge in [-0.15, -0.1) is 0 Å². The van der Waals surface area contributed by atoms with Crippen molar-refractivity contribution in [3.05, 3.63) is 95.3 Å². The average molecular weight is 387 g/mol. The molecular weight excluding hydrogens is 369 g/mol. The molecule has 3 aromatic carbocycles. The number of esters is 1. The summed E-state index contributed by atoms with van der Waals surface area (Å²) in [7, 11) is 1.58. The number of halogens is 1. The Bertz CT molecular complexity index is 1060. The van der Waals surface area contributed by atoms with E-state index in [4.69, 9.17) is 9.47 Å². The number of carbonyl (C=O) groups is 1. The number of hydrogen-bond acceptors (Lipinski definition) is 4. The van der Waals surface area contributed by atoms with Crippen molar-refractivity contribution in [2.75, 3.05) is 7.11 Å². The molecule has 3 aromatic rings. The van der Waals surface area contributed by atoms with Crippen molar-refractivity contribution in [3.63, 3.8) is 0 Å². The molecule has 0 saturated heterocycles. The summed E-state index contributed by atoms with van der Waals surface area (Å²) in [6, 6.07) is 22.0. The quantitative estimate of drug-likeness (QED) is 0.257. The van der Waals surface area contributed by atoms with E-state index in [9.17, 15) is 14.4 Å². The number of benzene rings is 3. The lowest BCUT2D eigenvalue weighted by atomic mass is 10.0. The second-order valence-electron chi connectivity index (χ2n) is 6.22. The van der Waals surface area contributed by atoms with Crippen LogP contribution in [0.1, 0.15) is 16.7 Å². The third-order valence-electron chi connectivity index (χ3n) is 4.21. The van der Waals surface area contributed by atoms with Gasteiger partial charge in [-0.1, -0.05) is 42.5 Å². The zero-order chi connectivity index (χ0) is 20.6. The summed E-state index contributed by atoms with van der Waals surface area (Å²) >= 11 is 0. The summed E-state index contributed by atoms with van der Waals surface area (Å²) in [5.74, 6) is 0.273. The monoisotopic (exact) mass is 387 g/mol. The molecule has 0 aliphatic carbocycles. The maximum atomic E-state index is 13.9. The van der Waals surface area contributed by atoms with Gasteiger partial charge in [-0.25, -0.2) is 4.39 Å². The number of methoxy groups -OCH3 is 1. The van der Waals surface area contributed by atoms with E-state index in [2.05, 4.69) is 0 Å². The Hall–Kier alpha value is -3.91. The molecule has 3 rings (SSSR count). The molecular formula is C24H18FNO3. The van der Waals surface area contributed by atoms with Crippen LogP contribution in [0.25, 0.3) is 11.6 Å². The number of rotatable bonds is 6. The predicted octanol–water partition coefficient (Wildman–Crippen LogP) is 5.05. The van der Waals surface area contributed by atoms with Crippen molar-refractivity contribution < 1.29 is 18.7 Å². The second-order valence-corrected chi connectivity index (χ2v) is 6.22. The van der Waals surface area contributed by atoms with Crippen LogP contribution < -0.4 is 9.47 Å². The van der Waals surface area contributed by atoms with Crippen molar-refractivity contribution >= 4 is 17.6 Å². The van der Waals surface area contributed by atoms with E-state index < -0.39 is 5.82 Å². The first-order valence-corrected chi connectivity index (χ1v) is 8.89. The molecule has 5 heteroatoms. The molecule has 0 aliphatic heterocycles. The number of nitrogens with zero attached hydrogens (tertiary/aromatic N) is 1. The molecule has 0 atom stereocenters. The van der Waals surface area contributed by atoms with Crippen molar-refractivity contribution in [2.45, 2.75) is 6.42 Å². The molecule has 0 heterocycles. The third-order valence-corrected chi connectivity index (χ3v) is 4.21. The standard InChI is InChI=1S/C24H18FNO3/c1-28-20-10-6-18(7-11-20)15-24(27)29-21-12-8-17(9-13-21)14-19(16-26)22-4-2-3-5-23(22)25/h2-14H,15H2,1H3/b19-14-. The first kappa shape index (κ1) is 19.8. The average Bonchev–Trinajstić information content (AvgIpc) is 2.74. The first-order chi connectivity index (χ1) is 14.1. The Morgan fingerprint density at radius 1 is 1.00 bits per heavy atom. The minimum Gasteiger partial charge on any atom is -0.497 e. The van der Waals surface area contributed by atoms with Gasteiger partial charge in [0.2, 0.25) is 0 Å². The fraction of sp³-hybridized carbons (Fsp3) is 0.0833. The number of nitriles is 1. The largest absolute Gasteiger partial charge is 0.497 e. The lowest BCUT2D eigenvalue weighted by molar-refractivity contribution is -0.133. The molecule has 0 aliphatic rings. The van der Waals surface area contributed by atoms with E-state index in [1.165, 1.54) is 6.07 Å². The minimum atomic E-state index is -0.454. The smallest absolute Gasteiger partial charge is 0.315 e. The first-order valence-electron chi connectivity index (χ1n) is 8.89. The van der Waals surface area contributed by atoms with Crippen LogP contribution in [0.5, 0.6) is 11.5 Å². The highest BCUT2D eigenvalue weighted by molar-refractivity contribution is 5.89. The van der Waals surface area contributed by atoms with E-state index >= 15 is 0 Å². The molecule has 0 aromatic heterocycles. The van der Waals surface area contributed by atoms with Gasteiger partial charge in [0.15, 0.2) is 0 Å². The predicted molar refractivity (Wildman–Crippen MR) is 109 cm³/mol. The maximum Gasteiger partial charge on any atom is 0.315 e. The second kappa shape index (κ2) is 9.34. The van der Waals surface area contributed by atoms with E-state index in [0.717, 1.165) is 11.3 Å². The van der Waals surface area contributed by atoms with Gasteiger partial charge in [0, 0.05) is 5.56 Å². The van der Waals surface area contributed by atoms with Gasteiger partial charge in [-0.2, -0.15) is 5.26 Å². The Morgan fingerprint density at radius 3 is 2.28 bits per heavy atom. The Labute approximate surface area is 168 Å². The topological polar surface area (TPSA) is 59.3 Å². The summed E-state index contributed by atoms with van der Waals surface area (Å²) in [4.78, 5) is 12.1. The number of carbonyl (C=O) groups excluding carboxylic acids is 1. The zero-order valence-corrected chi connectivity index (χ0v) is 15.8. The van der Waals surface area contributed by atoms with E-state index in [0.29, 0.717) is 11.3 Å². The van der Waals surface area contributed by atoms with Crippen molar-refractivity contribution in [1.29, 1.82) is 5.26 Å². The fourth-order valence-electron chi connectivity index (χ4n) is 2.73. The van der Waals surface area contributed by atoms with E-state index in [-0.39, 0.29) is 23.5 Å². The zero-order valence-electron chi connectivity index (χ0n) is 15.8. The van der Waals surface area contributed by atoms with Crippen LogP contribution in [-0.4, -0.2) is 13.1 Å². The highest BCUT2D eigenvalue weighted by atomic mass is 19.1. The van der Waals surface area contributed by atoms with Gasteiger partial charge in [0.05, 0.1) is 25.2 Å². The van der Waals surface area contributed by atoms with Crippen LogP contribution in [-0.2, 0) is 11.2 Å². The van der Waals surface area contributed by atoms with Gasteiger partial charge in [0.1, 0.15) is 17.3 Å². The van der Waals surface area contributed by atoms with Crippen LogP contribution >= 0.6 is 0 Å². The van der Waals surface area contributed by atoms with E-state index in [1.807, 2.05) is 6.07 Å². The van der Waals surface area contributed by atoms with Gasteiger partial charge >= 0.3 is 5.97 Å². The van der Waals surface area contributed by atoms with Gasteiger partial charge < -0.3 is 9.47 Å². The number of allylic oxidation sites excluding steroid dienone is 1. The van der Waals surface area contributed by atoms with Crippen LogP contribution in [0.2, 0.25) is 0 Å². The molecule has 0 N–H and O–H groups in total. The lowest BCUT2D eigenvalue weighted by Crippen LogP contribution is -2.11. The lowest BCUT2D eigenvalue weighted by Gasteiger charge is -2.06. The Kier molecular flexibility index (Phi) is 6.39. The van der Waals surface area contributed by atoms with Crippen LogP contribution in [0, 0.1) is 17.1 Å². The SMILES string of the molecule is COc1ccc(CC(=O)Oc2ccc(/C=C(/C#N)c3ccccc3F)cc2)cc1. The maximum absolute atomic E-state index is 13.9. The summed E-state index contributed by atoms with van der Waals surface area (Å²) in [5, 5.41) is 9.35. The molecule has 0 radical (unpaired) electrons. The molecule has 0 fully saturated rings. The summed E-state index contributed by atoms with van der Waals surface area (Å²) in [6.07, 6.45) is 1.72. The molecule has 4 nitrogen and oxygen atoms in total. The molecule has 0 amide bonds. The van der Waals surface area contributed by atoms with Gasteiger partial charge in [0.25, 0.3) is 0 Å². The van der Waals surface area contributed by atoms with Crippen LogP contribution in [0.15, 0.2) is 72.8 Å². The fourth-order valence-corrected chi connectivity index (χ4v) is 2.73.